The summed E-state index contributed by atoms with van der Waals surface area (Å²) in [4.78, 5) is 14.8. The minimum absolute atomic E-state index is 0.174. The second-order valence-corrected chi connectivity index (χ2v) is 7.86. The number of hydrogen-bond donors (Lipinski definition) is 4. The van der Waals surface area contributed by atoms with Crippen LogP contribution in [0.1, 0.15) is 25.5 Å². The second-order valence-electron chi connectivity index (χ2n) is 7.86. The Morgan fingerprint density at radius 1 is 1.22 bits per heavy atom. The molecule has 27 heavy (non-hydrogen) atoms. The number of piperidine rings is 1. The smallest absolute Gasteiger partial charge is 0.167 e. The van der Waals surface area contributed by atoms with Crippen molar-refractivity contribution in [3.05, 3.63) is 12.7 Å². The van der Waals surface area contributed by atoms with Crippen LogP contribution in [0.15, 0.2) is 12.7 Å². The van der Waals surface area contributed by atoms with Crippen LogP contribution in [-0.2, 0) is 4.74 Å². The molecule has 3 saturated heterocycles. The van der Waals surface area contributed by atoms with Crippen LogP contribution in [0, 0.1) is 0 Å². The molecule has 2 aromatic rings. The molecule has 5 heterocycles. The lowest BCUT2D eigenvalue weighted by Crippen LogP contribution is -2.71. The molecule has 146 valence electrons. The number of nitrogens with one attached hydrogen (secondary N) is 1. The third-order valence-electron chi connectivity index (χ3n) is 6.30. The van der Waals surface area contributed by atoms with Crippen molar-refractivity contribution in [2.24, 2.45) is 0 Å². The van der Waals surface area contributed by atoms with E-state index in [1.165, 1.54) is 19.1 Å². The predicted molar refractivity (Wildman–Crippen MR) is 96.7 cm³/mol. The molecule has 3 aliphatic rings. The maximum atomic E-state index is 10.6. The molecule has 10 heteroatoms. The van der Waals surface area contributed by atoms with Gasteiger partial charge in [0.25, 0.3) is 0 Å². The standard InChI is InChI=1S/C17H25N7O3/c18-14-11-15(21-8-20-14)24(9-22-11)16-13(26)12(25)10(27-16)5-23-4-2-1-3-17(23)6-19-7-17/h8-10,12-13,16,19,25-26H,1-7H2,(H2,18,20,21)/t10-,12-,13-,16-/m1/s1. The molecule has 0 aliphatic carbocycles. The van der Waals surface area contributed by atoms with Crippen molar-refractivity contribution in [1.29, 1.82) is 0 Å². The molecule has 10 nitrogen and oxygen atoms in total. The fourth-order valence-electron chi connectivity index (χ4n) is 4.63. The number of nitrogens with two attached hydrogens (primary N) is 1. The van der Waals surface area contributed by atoms with E-state index in [4.69, 9.17) is 10.5 Å². The zero-order valence-electron chi connectivity index (χ0n) is 15.0. The maximum absolute atomic E-state index is 10.6. The first-order chi connectivity index (χ1) is 13.1. The molecule has 0 amide bonds. The topological polar surface area (TPSA) is 135 Å². The highest BCUT2D eigenvalue weighted by Crippen LogP contribution is 2.36. The molecule has 5 rings (SSSR count). The molecule has 4 atom stereocenters. The number of nitrogens with zero attached hydrogens (tertiary/aromatic N) is 5. The molecule has 0 aromatic carbocycles. The molecule has 0 unspecified atom stereocenters. The first kappa shape index (κ1) is 17.3. The largest absolute Gasteiger partial charge is 0.387 e. The van der Waals surface area contributed by atoms with Gasteiger partial charge in [-0.3, -0.25) is 9.47 Å². The second kappa shape index (κ2) is 6.35. The number of aromatic nitrogens is 4. The number of rotatable bonds is 3. The van der Waals surface area contributed by atoms with Crippen LogP contribution in [0.3, 0.4) is 0 Å². The number of hydrogen-bond acceptors (Lipinski definition) is 9. The number of aliphatic hydroxyl groups excluding tert-OH is 2. The highest BCUT2D eigenvalue weighted by Gasteiger charge is 2.49. The summed E-state index contributed by atoms with van der Waals surface area (Å²) in [6.07, 6.45) is 3.16. The highest BCUT2D eigenvalue weighted by molar-refractivity contribution is 5.81. The highest BCUT2D eigenvalue weighted by atomic mass is 16.6. The van der Waals surface area contributed by atoms with Gasteiger partial charge in [0.05, 0.1) is 6.33 Å². The predicted octanol–water partition coefficient (Wildman–Crippen LogP) is -1.14. The Morgan fingerprint density at radius 2 is 2.07 bits per heavy atom. The van der Waals surface area contributed by atoms with Crippen LogP contribution >= 0.6 is 0 Å². The van der Waals surface area contributed by atoms with Crippen molar-refractivity contribution in [2.75, 3.05) is 31.9 Å². The lowest BCUT2D eigenvalue weighted by molar-refractivity contribution is -0.0753. The van der Waals surface area contributed by atoms with Gasteiger partial charge in [-0.2, -0.15) is 0 Å². The van der Waals surface area contributed by atoms with Crippen molar-refractivity contribution < 1.29 is 14.9 Å². The van der Waals surface area contributed by atoms with Gasteiger partial charge in [-0.1, -0.05) is 6.42 Å². The van der Waals surface area contributed by atoms with E-state index in [1.807, 2.05) is 0 Å². The van der Waals surface area contributed by atoms with E-state index in [0.29, 0.717) is 17.7 Å². The van der Waals surface area contributed by atoms with Crippen LogP contribution in [0.5, 0.6) is 0 Å². The van der Waals surface area contributed by atoms with Gasteiger partial charge in [-0.05, 0) is 19.4 Å². The molecule has 0 radical (unpaired) electrons. The fraction of sp³-hybridized carbons (Fsp3) is 0.706. The lowest BCUT2D eigenvalue weighted by Gasteiger charge is -2.54. The first-order valence-electron chi connectivity index (χ1n) is 9.49. The summed E-state index contributed by atoms with van der Waals surface area (Å²) in [6, 6.07) is 0. The van der Waals surface area contributed by atoms with Gasteiger partial charge in [0.1, 0.15) is 30.2 Å². The Bertz CT molecular complexity index is 839. The van der Waals surface area contributed by atoms with Gasteiger partial charge in [-0.15, -0.1) is 0 Å². The zero-order chi connectivity index (χ0) is 18.6. The number of ether oxygens (including phenoxy) is 1. The van der Waals surface area contributed by atoms with Crippen molar-refractivity contribution in [3.8, 4) is 0 Å². The molecule has 3 aliphatic heterocycles. The summed E-state index contributed by atoms with van der Waals surface area (Å²) in [5.74, 6) is 0.274. The Morgan fingerprint density at radius 3 is 2.85 bits per heavy atom. The molecule has 0 saturated carbocycles. The number of likely N-dealkylation sites (tertiary alicyclic amines) is 1. The molecule has 5 N–H and O–H groups in total. The molecular weight excluding hydrogens is 350 g/mol. The van der Waals surface area contributed by atoms with Crippen molar-refractivity contribution in [1.82, 2.24) is 29.7 Å². The normalized spacial score (nSPS) is 33.6. The molecular formula is C17H25N7O3. The summed E-state index contributed by atoms with van der Waals surface area (Å²) in [6.45, 7) is 3.54. The van der Waals surface area contributed by atoms with E-state index >= 15 is 0 Å². The fourth-order valence-corrected chi connectivity index (χ4v) is 4.63. The average molecular weight is 375 g/mol. The maximum Gasteiger partial charge on any atom is 0.167 e. The van der Waals surface area contributed by atoms with Crippen LogP contribution in [0.2, 0.25) is 0 Å². The van der Waals surface area contributed by atoms with E-state index < -0.39 is 24.5 Å². The molecule has 1 spiro atoms. The monoisotopic (exact) mass is 375 g/mol. The van der Waals surface area contributed by atoms with Gasteiger partial charge < -0.3 is 26.0 Å². The average Bonchev–Trinajstić information content (AvgIpc) is 3.18. The van der Waals surface area contributed by atoms with Crippen LogP contribution < -0.4 is 11.1 Å². The third kappa shape index (κ3) is 2.63. The van der Waals surface area contributed by atoms with Crippen molar-refractivity contribution >= 4 is 17.0 Å². The van der Waals surface area contributed by atoms with Gasteiger partial charge in [-0.25, -0.2) is 15.0 Å². The van der Waals surface area contributed by atoms with Crippen LogP contribution in [0.25, 0.3) is 11.2 Å². The summed E-state index contributed by atoms with van der Waals surface area (Å²) < 4.78 is 7.73. The Kier molecular flexibility index (Phi) is 4.06. The van der Waals surface area contributed by atoms with E-state index in [9.17, 15) is 10.2 Å². The van der Waals surface area contributed by atoms with Gasteiger partial charge in [0.2, 0.25) is 0 Å². The van der Waals surface area contributed by atoms with Crippen LogP contribution in [-0.4, -0.2) is 84.7 Å². The third-order valence-corrected chi connectivity index (χ3v) is 6.30. The Balaban J connectivity index is 1.38. The Hall–Kier alpha value is -1.85. The quantitative estimate of drug-likeness (QED) is 0.525. The van der Waals surface area contributed by atoms with Gasteiger partial charge in [0, 0.05) is 25.2 Å². The lowest BCUT2D eigenvalue weighted by atomic mass is 9.81. The SMILES string of the molecule is Nc1ncnc2c1ncn2[C@@H]1O[C@H](CN2CCCCC23CNC3)[C@@H](O)[C@H]1O. The number of nitrogen functional groups attached to an aromatic ring is 1. The van der Waals surface area contributed by atoms with Crippen molar-refractivity contribution in [2.45, 2.75) is 49.3 Å². The van der Waals surface area contributed by atoms with E-state index in [2.05, 4.69) is 25.2 Å². The van der Waals surface area contributed by atoms with Gasteiger partial charge >= 0.3 is 0 Å². The van der Waals surface area contributed by atoms with E-state index in [1.54, 1.807) is 4.57 Å². The molecule has 0 bridgehead atoms. The number of fused-ring (bicyclic) bond motifs is 1. The summed E-state index contributed by atoms with van der Waals surface area (Å²) in [5, 5.41) is 24.6. The van der Waals surface area contributed by atoms with Gasteiger partial charge in [0.15, 0.2) is 17.7 Å². The molecule has 3 fully saturated rings. The summed E-state index contributed by atoms with van der Waals surface area (Å²) >= 11 is 0. The number of anilines is 1. The summed E-state index contributed by atoms with van der Waals surface area (Å²) in [7, 11) is 0. The Labute approximate surface area is 156 Å². The van der Waals surface area contributed by atoms with E-state index in [0.717, 1.165) is 32.5 Å². The summed E-state index contributed by atoms with van der Waals surface area (Å²) in [5.41, 5.74) is 6.96. The minimum atomic E-state index is -1.07. The van der Waals surface area contributed by atoms with Crippen LogP contribution in [0.4, 0.5) is 5.82 Å². The number of aliphatic hydroxyl groups is 2. The molecule has 2 aromatic heterocycles. The first-order valence-corrected chi connectivity index (χ1v) is 9.49. The zero-order valence-corrected chi connectivity index (χ0v) is 15.0. The van der Waals surface area contributed by atoms with Crippen molar-refractivity contribution in [3.63, 3.8) is 0 Å². The minimum Gasteiger partial charge on any atom is -0.387 e. The number of imidazole rings is 1. The van der Waals surface area contributed by atoms with E-state index in [-0.39, 0.29) is 11.4 Å².